The molecule has 0 atom stereocenters. The molecular formula is C43H68O6. The molecule has 0 radical (unpaired) electrons. The molecule has 4 rings (SSSR count). The second-order valence-corrected chi connectivity index (χ2v) is 20.7. The van der Waals surface area contributed by atoms with E-state index in [-0.39, 0.29) is 50.5 Å². The Labute approximate surface area is 298 Å². The van der Waals surface area contributed by atoms with Crippen molar-refractivity contribution in [1.82, 2.24) is 0 Å². The molecule has 0 aliphatic carbocycles. The van der Waals surface area contributed by atoms with Crippen molar-refractivity contribution in [3.05, 3.63) is 58.7 Å². The Hall–Kier alpha value is -2.12. The molecule has 0 aromatic heterocycles. The minimum Gasteiger partial charge on any atom is -0.508 e. The first kappa shape index (κ1) is 39.7. The van der Waals surface area contributed by atoms with Crippen LogP contribution in [0.25, 0.3) is 0 Å². The lowest BCUT2D eigenvalue weighted by atomic mass is 9.71. The highest BCUT2D eigenvalue weighted by atomic mass is 16.7. The number of phenols is 2. The van der Waals surface area contributed by atoms with Crippen molar-refractivity contribution >= 4 is 0 Å². The summed E-state index contributed by atoms with van der Waals surface area (Å²) < 4.78 is 25.8. The lowest BCUT2D eigenvalue weighted by molar-refractivity contribution is -0.333. The summed E-state index contributed by atoms with van der Waals surface area (Å²) in [6.45, 7) is 33.1. The minimum absolute atomic E-state index is 0.146. The van der Waals surface area contributed by atoms with Crippen LogP contribution in [0.15, 0.2) is 36.4 Å². The molecule has 276 valence electrons. The van der Waals surface area contributed by atoms with Crippen molar-refractivity contribution in [1.29, 1.82) is 0 Å². The predicted octanol–water partition coefficient (Wildman–Crippen LogP) is 10.1. The van der Waals surface area contributed by atoms with Crippen LogP contribution in [0.2, 0.25) is 0 Å². The number of hydrogen-bond acceptors (Lipinski definition) is 6. The third kappa shape index (κ3) is 10.0. The molecule has 2 aliphatic heterocycles. The Kier molecular flexibility index (Phi) is 11.2. The van der Waals surface area contributed by atoms with Gasteiger partial charge in [-0.25, -0.2) is 0 Å². The Morgan fingerprint density at radius 1 is 0.531 bits per heavy atom. The van der Waals surface area contributed by atoms with E-state index in [1.54, 1.807) is 0 Å². The molecule has 0 bridgehead atoms. The Bertz CT molecular complexity index is 1310. The van der Waals surface area contributed by atoms with Gasteiger partial charge in [0.1, 0.15) is 11.5 Å². The number of benzene rings is 2. The third-order valence-electron chi connectivity index (χ3n) is 10.3. The Morgan fingerprint density at radius 2 is 0.837 bits per heavy atom. The fraction of sp³-hybridized carbons (Fsp3) is 0.721. The fourth-order valence-corrected chi connectivity index (χ4v) is 8.79. The summed E-state index contributed by atoms with van der Waals surface area (Å²) >= 11 is 0. The smallest absolute Gasteiger partial charge is 0.162 e. The molecule has 2 aromatic rings. The standard InChI is InChI=1S/C43H68O6/c1-37(2,3)23-41(11,12)31-19-29(15-17-33(31)44)21-39(7,8)35-46-25-43(26-47-35)27-48-36(49-28-43)40(9,10)22-30-16-18-34(45)32(20-30)42(13,14)24-38(4,5)6/h15-20,35-36,44-45H,21-28H2,1-14H3. The topological polar surface area (TPSA) is 77.4 Å². The van der Waals surface area contributed by atoms with E-state index in [1.165, 1.54) is 11.1 Å². The van der Waals surface area contributed by atoms with Gasteiger partial charge in [-0.2, -0.15) is 0 Å². The van der Waals surface area contributed by atoms with E-state index in [9.17, 15) is 10.2 Å². The molecule has 6 nitrogen and oxygen atoms in total. The van der Waals surface area contributed by atoms with E-state index in [0.717, 1.165) is 36.8 Å². The van der Waals surface area contributed by atoms with Crippen LogP contribution in [0.1, 0.15) is 132 Å². The first-order valence-electron chi connectivity index (χ1n) is 18.3. The molecule has 2 N–H and O–H groups in total. The maximum absolute atomic E-state index is 10.8. The van der Waals surface area contributed by atoms with Gasteiger partial charge >= 0.3 is 0 Å². The minimum atomic E-state index is -0.363. The first-order valence-corrected chi connectivity index (χ1v) is 18.3. The molecule has 0 amide bonds. The van der Waals surface area contributed by atoms with Gasteiger partial charge in [0.15, 0.2) is 12.6 Å². The van der Waals surface area contributed by atoms with E-state index in [1.807, 2.05) is 24.3 Å². The van der Waals surface area contributed by atoms with Crippen LogP contribution in [-0.4, -0.2) is 49.2 Å². The quantitative estimate of drug-likeness (QED) is 0.260. The molecular weight excluding hydrogens is 612 g/mol. The van der Waals surface area contributed by atoms with Gasteiger partial charge in [-0.3, -0.25) is 0 Å². The maximum atomic E-state index is 10.8. The van der Waals surface area contributed by atoms with E-state index < -0.39 is 0 Å². The monoisotopic (exact) mass is 681 g/mol. The maximum Gasteiger partial charge on any atom is 0.162 e. The van der Waals surface area contributed by atoms with Gasteiger partial charge in [0.25, 0.3) is 0 Å². The van der Waals surface area contributed by atoms with Gasteiger partial charge in [0, 0.05) is 10.8 Å². The summed E-state index contributed by atoms with van der Waals surface area (Å²) in [6, 6.07) is 12.1. The lowest BCUT2D eigenvalue weighted by Gasteiger charge is -2.49. The summed E-state index contributed by atoms with van der Waals surface area (Å²) in [6.07, 6.45) is 2.73. The average molecular weight is 681 g/mol. The summed E-state index contributed by atoms with van der Waals surface area (Å²) in [4.78, 5) is 0. The van der Waals surface area contributed by atoms with Crippen molar-refractivity contribution in [2.24, 2.45) is 27.1 Å². The van der Waals surface area contributed by atoms with Crippen LogP contribution >= 0.6 is 0 Å². The molecule has 49 heavy (non-hydrogen) atoms. The van der Waals surface area contributed by atoms with Gasteiger partial charge in [0.05, 0.1) is 31.8 Å². The number of rotatable bonds is 10. The number of ether oxygens (including phenoxy) is 4. The molecule has 2 fully saturated rings. The molecule has 6 heteroatoms. The van der Waals surface area contributed by atoms with Crippen LogP contribution < -0.4 is 0 Å². The van der Waals surface area contributed by atoms with Crippen LogP contribution in [0.4, 0.5) is 0 Å². The van der Waals surface area contributed by atoms with Crippen molar-refractivity contribution in [3.8, 4) is 11.5 Å². The normalized spacial score (nSPS) is 23.2. The molecule has 2 aliphatic rings. The van der Waals surface area contributed by atoms with Crippen molar-refractivity contribution < 1.29 is 29.2 Å². The molecule has 2 heterocycles. The first-order chi connectivity index (χ1) is 22.2. The Morgan fingerprint density at radius 3 is 1.12 bits per heavy atom. The van der Waals surface area contributed by atoms with E-state index in [0.29, 0.717) is 37.9 Å². The van der Waals surface area contributed by atoms with Gasteiger partial charge < -0.3 is 29.2 Å². The third-order valence-corrected chi connectivity index (χ3v) is 10.3. The molecule has 0 unspecified atom stereocenters. The molecule has 0 saturated carbocycles. The van der Waals surface area contributed by atoms with Gasteiger partial charge in [-0.05, 0) is 81.7 Å². The summed E-state index contributed by atoms with van der Waals surface area (Å²) in [5.74, 6) is 0.712. The highest BCUT2D eigenvalue weighted by Gasteiger charge is 2.48. The van der Waals surface area contributed by atoms with E-state index in [2.05, 4.69) is 109 Å². The zero-order valence-corrected chi connectivity index (χ0v) is 33.3. The number of hydrogen-bond donors (Lipinski definition) is 2. The van der Waals surface area contributed by atoms with Crippen molar-refractivity contribution in [3.63, 3.8) is 0 Å². The summed E-state index contributed by atoms with van der Waals surface area (Å²) in [5, 5.41) is 21.6. The highest BCUT2D eigenvalue weighted by Crippen LogP contribution is 2.44. The molecule has 2 aromatic carbocycles. The van der Waals surface area contributed by atoms with Gasteiger partial charge in [0.2, 0.25) is 0 Å². The van der Waals surface area contributed by atoms with Crippen LogP contribution in [0.3, 0.4) is 0 Å². The van der Waals surface area contributed by atoms with Crippen molar-refractivity contribution in [2.75, 3.05) is 26.4 Å². The van der Waals surface area contributed by atoms with Gasteiger partial charge in [-0.1, -0.05) is 121 Å². The Balaban J connectivity index is 1.35. The van der Waals surface area contributed by atoms with Crippen LogP contribution in [0, 0.1) is 27.1 Å². The van der Waals surface area contributed by atoms with Gasteiger partial charge in [-0.15, -0.1) is 0 Å². The number of aromatic hydroxyl groups is 2. The highest BCUT2D eigenvalue weighted by molar-refractivity contribution is 5.42. The molecule has 1 spiro atoms. The van der Waals surface area contributed by atoms with E-state index >= 15 is 0 Å². The molecule has 2 saturated heterocycles. The zero-order chi connectivity index (χ0) is 36.8. The summed E-state index contributed by atoms with van der Waals surface area (Å²) in [5.41, 5.74) is 3.39. The SMILES string of the molecule is CC(C)(C)CC(C)(C)c1cc(CC(C)(C)C2OCC3(CO2)COC(C(C)(C)Cc2ccc(O)c(C(C)(C)CC(C)(C)C)c2)OC3)ccc1O. The number of phenolic OH excluding ortho intramolecular Hbond substituents is 2. The van der Waals surface area contributed by atoms with Crippen LogP contribution in [-0.2, 0) is 42.6 Å². The average Bonchev–Trinajstić information content (AvgIpc) is 2.93. The largest absolute Gasteiger partial charge is 0.508 e. The second kappa shape index (κ2) is 13.8. The zero-order valence-electron chi connectivity index (χ0n) is 33.3. The van der Waals surface area contributed by atoms with E-state index in [4.69, 9.17) is 18.9 Å². The van der Waals surface area contributed by atoms with Crippen molar-refractivity contribution in [2.45, 2.75) is 146 Å². The summed E-state index contributed by atoms with van der Waals surface area (Å²) in [7, 11) is 0. The second-order valence-electron chi connectivity index (χ2n) is 20.7. The van der Waals surface area contributed by atoms with Crippen LogP contribution in [0.5, 0.6) is 11.5 Å². The fourth-order valence-electron chi connectivity index (χ4n) is 8.79. The predicted molar refractivity (Wildman–Crippen MR) is 199 cm³/mol. The lowest BCUT2D eigenvalue weighted by Crippen LogP contribution is -2.56.